The summed E-state index contributed by atoms with van der Waals surface area (Å²) >= 11 is 3.27. The maximum absolute atomic E-state index is 8.96. The average molecular weight is 297 g/mol. The Bertz CT molecular complexity index is 425. The lowest BCUT2D eigenvalue weighted by Gasteiger charge is -2.22. The molecule has 1 atom stereocenters. The fourth-order valence-electron chi connectivity index (χ4n) is 1.73. The van der Waals surface area contributed by atoms with Crippen LogP contribution < -0.4 is 4.74 Å². The van der Waals surface area contributed by atoms with Crippen molar-refractivity contribution >= 4 is 15.9 Å². The molecule has 90 valence electrons. The summed E-state index contributed by atoms with van der Waals surface area (Å²) in [7, 11) is 0. The van der Waals surface area contributed by atoms with Gasteiger partial charge in [0.05, 0.1) is 6.10 Å². The van der Waals surface area contributed by atoms with E-state index >= 15 is 0 Å². The van der Waals surface area contributed by atoms with Crippen LogP contribution >= 0.6 is 15.9 Å². The third-order valence-electron chi connectivity index (χ3n) is 2.62. The van der Waals surface area contributed by atoms with E-state index in [0.29, 0.717) is 18.1 Å². The SMILES string of the molecule is N#Cc1cc(Br)cnc1OCC1CCCCO1. The van der Waals surface area contributed by atoms with E-state index in [0.717, 1.165) is 23.9 Å². The summed E-state index contributed by atoms with van der Waals surface area (Å²) in [4.78, 5) is 4.09. The second kappa shape index (κ2) is 5.99. The van der Waals surface area contributed by atoms with Crippen LogP contribution in [0.25, 0.3) is 0 Å². The van der Waals surface area contributed by atoms with E-state index in [1.54, 1.807) is 12.3 Å². The van der Waals surface area contributed by atoms with Gasteiger partial charge in [-0.1, -0.05) is 0 Å². The molecule has 1 aliphatic rings. The molecule has 0 aromatic carbocycles. The van der Waals surface area contributed by atoms with Gasteiger partial charge < -0.3 is 9.47 Å². The van der Waals surface area contributed by atoms with Crippen molar-refractivity contribution in [3.8, 4) is 11.9 Å². The summed E-state index contributed by atoms with van der Waals surface area (Å²) in [5, 5.41) is 8.96. The van der Waals surface area contributed by atoms with Crippen LogP contribution in [-0.4, -0.2) is 24.3 Å². The minimum atomic E-state index is 0.126. The molecule has 0 bridgehead atoms. The van der Waals surface area contributed by atoms with E-state index in [-0.39, 0.29) is 6.10 Å². The van der Waals surface area contributed by atoms with Gasteiger partial charge in [-0.05, 0) is 41.3 Å². The largest absolute Gasteiger partial charge is 0.474 e. The number of halogens is 1. The maximum Gasteiger partial charge on any atom is 0.231 e. The van der Waals surface area contributed by atoms with Gasteiger partial charge in [0.2, 0.25) is 5.88 Å². The molecule has 1 aromatic heterocycles. The van der Waals surface area contributed by atoms with Crippen molar-refractivity contribution in [3.05, 3.63) is 22.3 Å². The summed E-state index contributed by atoms with van der Waals surface area (Å²) < 4.78 is 11.9. The molecule has 0 saturated carbocycles. The van der Waals surface area contributed by atoms with Gasteiger partial charge in [0.25, 0.3) is 0 Å². The first-order chi connectivity index (χ1) is 8.29. The van der Waals surface area contributed by atoms with Gasteiger partial charge in [0, 0.05) is 17.3 Å². The highest BCUT2D eigenvalue weighted by atomic mass is 79.9. The Hall–Kier alpha value is -1.12. The average Bonchev–Trinajstić information content (AvgIpc) is 2.38. The highest BCUT2D eigenvalue weighted by Crippen LogP contribution is 2.20. The first-order valence-electron chi connectivity index (χ1n) is 5.59. The van der Waals surface area contributed by atoms with E-state index in [1.807, 2.05) is 0 Å². The second-order valence-corrected chi connectivity index (χ2v) is 4.83. The van der Waals surface area contributed by atoms with Crippen molar-refractivity contribution in [1.82, 2.24) is 4.98 Å². The van der Waals surface area contributed by atoms with Gasteiger partial charge in [-0.15, -0.1) is 0 Å². The fourth-order valence-corrected chi connectivity index (χ4v) is 2.06. The molecule has 1 aromatic rings. The normalized spacial score (nSPS) is 19.6. The number of hydrogen-bond acceptors (Lipinski definition) is 4. The zero-order valence-corrected chi connectivity index (χ0v) is 10.9. The summed E-state index contributed by atoms with van der Waals surface area (Å²) in [6.45, 7) is 1.26. The zero-order chi connectivity index (χ0) is 12.1. The topological polar surface area (TPSA) is 55.1 Å². The number of rotatable bonds is 3. The second-order valence-electron chi connectivity index (χ2n) is 3.92. The van der Waals surface area contributed by atoms with Crippen LogP contribution in [0, 0.1) is 11.3 Å². The molecule has 2 heterocycles. The molecule has 0 amide bonds. The third-order valence-corrected chi connectivity index (χ3v) is 3.05. The van der Waals surface area contributed by atoms with Crippen molar-refractivity contribution in [1.29, 1.82) is 5.26 Å². The highest BCUT2D eigenvalue weighted by Gasteiger charge is 2.15. The van der Waals surface area contributed by atoms with E-state index < -0.39 is 0 Å². The minimum Gasteiger partial charge on any atom is -0.474 e. The minimum absolute atomic E-state index is 0.126. The first kappa shape index (κ1) is 12.3. The molecule has 17 heavy (non-hydrogen) atoms. The molecule has 4 nitrogen and oxygen atoms in total. The van der Waals surface area contributed by atoms with Crippen LogP contribution in [0.4, 0.5) is 0 Å². The van der Waals surface area contributed by atoms with Gasteiger partial charge >= 0.3 is 0 Å². The molecule has 1 fully saturated rings. The quantitative estimate of drug-likeness (QED) is 0.860. The molecule has 0 N–H and O–H groups in total. The van der Waals surface area contributed by atoms with Crippen LogP contribution in [0.3, 0.4) is 0 Å². The summed E-state index contributed by atoms with van der Waals surface area (Å²) in [6, 6.07) is 3.76. The third kappa shape index (κ3) is 3.42. The number of nitriles is 1. The molecular formula is C12H13BrN2O2. The van der Waals surface area contributed by atoms with Gasteiger partial charge in [-0.25, -0.2) is 4.98 Å². The van der Waals surface area contributed by atoms with Crippen molar-refractivity contribution in [2.24, 2.45) is 0 Å². The molecule has 2 rings (SSSR count). The highest BCUT2D eigenvalue weighted by molar-refractivity contribution is 9.10. The molecule has 0 radical (unpaired) electrons. The Kier molecular flexibility index (Phi) is 4.35. The van der Waals surface area contributed by atoms with Crippen molar-refractivity contribution in [2.45, 2.75) is 25.4 Å². The molecule has 0 spiro atoms. The summed E-state index contributed by atoms with van der Waals surface area (Å²) in [5.74, 6) is 0.380. The molecule has 5 heteroatoms. The molecule has 1 saturated heterocycles. The maximum atomic E-state index is 8.96. The van der Waals surface area contributed by atoms with Crippen LogP contribution in [0.15, 0.2) is 16.7 Å². The fraction of sp³-hybridized carbons (Fsp3) is 0.500. The van der Waals surface area contributed by atoms with E-state index in [1.165, 1.54) is 6.42 Å². The molecular weight excluding hydrogens is 284 g/mol. The van der Waals surface area contributed by atoms with Crippen molar-refractivity contribution in [3.63, 3.8) is 0 Å². The van der Waals surface area contributed by atoms with Crippen molar-refractivity contribution < 1.29 is 9.47 Å². The Morgan fingerprint density at radius 2 is 2.47 bits per heavy atom. The lowest BCUT2D eigenvalue weighted by molar-refractivity contribution is -0.0120. The van der Waals surface area contributed by atoms with Crippen LogP contribution in [0.2, 0.25) is 0 Å². The smallest absolute Gasteiger partial charge is 0.231 e. The predicted molar refractivity (Wildman–Crippen MR) is 65.7 cm³/mol. The lowest BCUT2D eigenvalue weighted by atomic mass is 10.1. The Morgan fingerprint density at radius 3 is 3.18 bits per heavy atom. The number of nitrogens with zero attached hydrogens (tertiary/aromatic N) is 2. The zero-order valence-electron chi connectivity index (χ0n) is 9.36. The van der Waals surface area contributed by atoms with E-state index in [9.17, 15) is 0 Å². The standard InChI is InChI=1S/C12H13BrN2O2/c13-10-5-9(6-14)12(15-7-10)17-8-11-3-1-2-4-16-11/h5,7,11H,1-4,8H2. The number of pyridine rings is 1. The van der Waals surface area contributed by atoms with Gasteiger partial charge in [-0.3, -0.25) is 0 Å². The number of ether oxygens (including phenoxy) is 2. The summed E-state index contributed by atoms with van der Waals surface area (Å²) in [6.07, 6.45) is 5.06. The first-order valence-corrected chi connectivity index (χ1v) is 6.39. The summed E-state index contributed by atoms with van der Waals surface area (Å²) in [5.41, 5.74) is 0.440. The molecule has 1 unspecified atom stereocenters. The molecule has 0 aliphatic carbocycles. The monoisotopic (exact) mass is 296 g/mol. The molecule has 1 aliphatic heterocycles. The van der Waals surface area contributed by atoms with Gasteiger partial charge in [0.1, 0.15) is 18.2 Å². The van der Waals surface area contributed by atoms with Crippen LogP contribution in [0.1, 0.15) is 24.8 Å². The number of aromatic nitrogens is 1. The van der Waals surface area contributed by atoms with E-state index in [2.05, 4.69) is 27.0 Å². The lowest BCUT2D eigenvalue weighted by Crippen LogP contribution is -2.26. The Balaban J connectivity index is 1.96. The Morgan fingerprint density at radius 1 is 1.59 bits per heavy atom. The van der Waals surface area contributed by atoms with Crippen molar-refractivity contribution in [2.75, 3.05) is 13.2 Å². The Labute approximate surface area is 109 Å². The predicted octanol–water partition coefficient (Wildman–Crippen LogP) is 2.66. The van der Waals surface area contributed by atoms with E-state index in [4.69, 9.17) is 14.7 Å². The van der Waals surface area contributed by atoms with Gasteiger partial charge in [-0.2, -0.15) is 5.26 Å². The van der Waals surface area contributed by atoms with Gasteiger partial charge in [0.15, 0.2) is 0 Å². The number of hydrogen-bond donors (Lipinski definition) is 0. The van der Waals surface area contributed by atoms with Crippen LogP contribution in [0.5, 0.6) is 5.88 Å². The van der Waals surface area contributed by atoms with Crippen LogP contribution in [-0.2, 0) is 4.74 Å².